The molecular weight excluding hydrogens is 402 g/mol. The quantitative estimate of drug-likeness (QED) is 0.647. The molecule has 3 rings (SSSR count). The molecule has 0 saturated carbocycles. The first-order valence-corrected chi connectivity index (χ1v) is 9.14. The lowest BCUT2D eigenvalue weighted by Gasteiger charge is -2.31. The molecule has 1 aliphatic heterocycles. The summed E-state index contributed by atoms with van der Waals surface area (Å²) in [5, 5.41) is 0. The van der Waals surface area contributed by atoms with Crippen molar-refractivity contribution in [2.75, 3.05) is 13.1 Å². The van der Waals surface area contributed by atoms with Crippen LogP contribution in [0, 0.1) is 6.92 Å². The number of esters is 1. The van der Waals surface area contributed by atoms with Gasteiger partial charge in [-0.1, -0.05) is 51.8 Å². The summed E-state index contributed by atoms with van der Waals surface area (Å²) < 4.78 is 6.82. The van der Waals surface area contributed by atoms with E-state index in [4.69, 9.17) is 4.74 Å². The molecular formula is C20H23BrClNO2. The lowest BCUT2D eigenvalue weighted by atomic mass is 10.1. The van der Waals surface area contributed by atoms with E-state index in [-0.39, 0.29) is 24.5 Å². The maximum atomic E-state index is 12.2. The fourth-order valence-corrected chi connectivity index (χ4v) is 3.37. The minimum Gasteiger partial charge on any atom is -0.459 e. The van der Waals surface area contributed by atoms with E-state index in [0.717, 1.165) is 42.5 Å². The molecule has 2 aromatic carbocycles. The number of likely N-dealkylation sites (tertiary alicyclic amines) is 1. The molecule has 0 spiro atoms. The van der Waals surface area contributed by atoms with Gasteiger partial charge in [0.2, 0.25) is 0 Å². The molecule has 0 bridgehead atoms. The van der Waals surface area contributed by atoms with Gasteiger partial charge in [-0.25, -0.2) is 4.79 Å². The Hall–Kier alpha value is -1.36. The zero-order valence-corrected chi connectivity index (χ0v) is 16.7. The average Bonchev–Trinajstić information content (AvgIpc) is 2.59. The second kappa shape index (κ2) is 9.37. The predicted octanol–water partition coefficient (Wildman–Crippen LogP) is 5.00. The first-order chi connectivity index (χ1) is 11.6. The van der Waals surface area contributed by atoms with Gasteiger partial charge in [-0.15, -0.1) is 12.4 Å². The zero-order valence-electron chi connectivity index (χ0n) is 14.3. The number of ether oxygens (including phenoxy) is 1. The standard InChI is InChI=1S/C20H22BrNO2.ClH/c1-15-6-8-16(9-7-15)20(23)24-18-10-12-22(13-11-18)14-17-4-2-3-5-19(17)21;/h2-9,18H,10-14H2,1H3;1H. The molecule has 0 amide bonds. The Bertz CT molecular complexity index is 697. The third-order valence-corrected chi connectivity index (χ3v) is 5.22. The number of carbonyl (C=O) groups excluding carboxylic acids is 1. The van der Waals surface area contributed by atoms with Crippen molar-refractivity contribution in [3.8, 4) is 0 Å². The van der Waals surface area contributed by atoms with Gasteiger partial charge in [0.25, 0.3) is 0 Å². The van der Waals surface area contributed by atoms with Gasteiger partial charge >= 0.3 is 5.97 Å². The van der Waals surface area contributed by atoms with E-state index in [9.17, 15) is 4.79 Å². The van der Waals surface area contributed by atoms with Gasteiger partial charge in [0, 0.05) is 24.1 Å². The van der Waals surface area contributed by atoms with Crippen LogP contribution in [0.4, 0.5) is 0 Å². The molecule has 0 atom stereocenters. The van der Waals surface area contributed by atoms with E-state index in [0.29, 0.717) is 5.56 Å². The molecule has 134 valence electrons. The molecule has 1 heterocycles. The topological polar surface area (TPSA) is 29.5 Å². The molecule has 1 saturated heterocycles. The Kier molecular flexibility index (Phi) is 7.48. The van der Waals surface area contributed by atoms with Crippen molar-refractivity contribution in [2.24, 2.45) is 0 Å². The maximum absolute atomic E-state index is 12.2. The monoisotopic (exact) mass is 423 g/mol. The number of hydrogen-bond donors (Lipinski definition) is 0. The summed E-state index contributed by atoms with van der Waals surface area (Å²) in [6.07, 6.45) is 1.80. The van der Waals surface area contributed by atoms with E-state index >= 15 is 0 Å². The second-order valence-corrected chi connectivity index (χ2v) is 7.19. The van der Waals surface area contributed by atoms with Crippen LogP contribution < -0.4 is 0 Å². The van der Waals surface area contributed by atoms with Gasteiger partial charge < -0.3 is 4.74 Å². The third-order valence-electron chi connectivity index (χ3n) is 4.45. The smallest absolute Gasteiger partial charge is 0.338 e. The van der Waals surface area contributed by atoms with Gasteiger partial charge in [-0.3, -0.25) is 4.90 Å². The fraction of sp³-hybridized carbons (Fsp3) is 0.350. The number of hydrogen-bond acceptors (Lipinski definition) is 3. The zero-order chi connectivity index (χ0) is 16.9. The van der Waals surface area contributed by atoms with Crippen LogP contribution in [-0.4, -0.2) is 30.1 Å². The first-order valence-electron chi connectivity index (χ1n) is 8.35. The molecule has 1 aliphatic rings. The van der Waals surface area contributed by atoms with Gasteiger partial charge in [0.05, 0.1) is 5.56 Å². The Morgan fingerprint density at radius 3 is 2.40 bits per heavy atom. The molecule has 25 heavy (non-hydrogen) atoms. The number of carbonyl (C=O) groups is 1. The highest BCUT2D eigenvalue weighted by Crippen LogP contribution is 2.21. The van der Waals surface area contributed by atoms with Crippen LogP contribution in [0.25, 0.3) is 0 Å². The summed E-state index contributed by atoms with van der Waals surface area (Å²) in [5.41, 5.74) is 3.08. The summed E-state index contributed by atoms with van der Waals surface area (Å²) in [5.74, 6) is -0.209. The Balaban J connectivity index is 0.00000225. The van der Waals surface area contributed by atoms with Gasteiger partial charge in [0.1, 0.15) is 6.10 Å². The Labute approximate surface area is 163 Å². The van der Waals surface area contributed by atoms with E-state index in [1.807, 2.05) is 37.3 Å². The van der Waals surface area contributed by atoms with Crippen LogP contribution in [0.1, 0.15) is 34.3 Å². The largest absolute Gasteiger partial charge is 0.459 e. The van der Waals surface area contributed by atoms with Crippen LogP contribution in [0.3, 0.4) is 0 Å². The molecule has 0 aliphatic carbocycles. The van der Waals surface area contributed by atoms with E-state index in [1.165, 1.54) is 5.56 Å². The van der Waals surface area contributed by atoms with Crippen LogP contribution >= 0.6 is 28.3 Å². The summed E-state index contributed by atoms with van der Waals surface area (Å²) in [7, 11) is 0. The molecule has 0 radical (unpaired) electrons. The number of aryl methyl sites for hydroxylation is 1. The summed E-state index contributed by atoms with van der Waals surface area (Å²) in [4.78, 5) is 14.6. The van der Waals surface area contributed by atoms with Crippen molar-refractivity contribution in [3.05, 3.63) is 69.7 Å². The number of halogens is 2. The molecule has 0 aromatic heterocycles. The predicted molar refractivity (Wildman–Crippen MR) is 106 cm³/mol. The maximum Gasteiger partial charge on any atom is 0.338 e. The van der Waals surface area contributed by atoms with Crippen LogP contribution in [-0.2, 0) is 11.3 Å². The SMILES string of the molecule is Cc1ccc(C(=O)OC2CCN(Cc3ccccc3Br)CC2)cc1.Cl. The first kappa shape index (κ1) is 20.0. The van der Waals surface area contributed by atoms with Crippen molar-refractivity contribution >= 4 is 34.3 Å². The number of benzene rings is 2. The summed E-state index contributed by atoms with van der Waals surface area (Å²) in [6.45, 7) is 4.84. The van der Waals surface area contributed by atoms with Gasteiger partial charge in [-0.2, -0.15) is 0 Å². The Morgan fingerprint density at radius 2 is 1.76 bits per heavy atom. The summed E-state index contributed by atoms with van der Waals surface area (Å²) in [6, 6.07) is 15.9. The van der Waals surface area contributed by atoms with E-state index < -0.39 is 0 Å². The summed E-state index contributed by atoms with van der Waals surface area (Å²) >= 11 is 3.60. The minimum absolute atomic E-state index is 0. The van der Waals surface area contributed by atoms with Crippen molar-refractivity contribution in [1.82, 2.24) is 4.90 Å². The van der Waals surface area contributed by atoms with Crippen molar-refractivity contribution < 1.29 is 9.53 Å². The highest BCUT2D eigenvalue weighted by molar-refractivity contribution is 9.10. The molecule has 5 heteroatoms. The van der Waals surface area contributed by atoms with Crippen LogP contribution in [0.5, 0.6) is 0 Å². The average molecular weight is 425 g/mol. The van der Waals surface area contributed by atoms with Gasteiger partial charge in [0.15, 0.2) is 0 Å². The molecule has 0 unspecified atom stereocenters. The molecule has 3 nitrogen and oxygen atoms in total. The highest BCUT2D eigenvalue weighted by Gasteiger charge is 2.23. The molecule has 1 fully saturated rings. The minimum atomic E-state index is -0.209. The van der Waals surface area contributed by atoms with Crippen LogP contribution in [0.2, 0.25) is 0 Å². The van der Waals surface area contributed by atoms with Gasteiger partial charge in [-0.05, 0) is 43.5 Å². The lowest BCUT2D eigenvalue weighted by molar-refractivity contribution is 0.0104. The van der Waals surface area contributed by atoms with Crippen LogP contribution in [0.15, 0.2) is 53.0 Å². The van der Waals surface area contributed by atoms with Crippen molar-refractivity contribution in [3.63, 3.8) is 0 Å². The normalized spacial score (nSPS) is 15.4. The number of nitrogens with zero attached hydrogens (tertiary/aromatic N) is 1. The van der Waals surface area contributed by atoms with E-state index in [1.54, 1.807) is 0 Å². The molecule has 0 N–H and O–H groups in total. The second-order valence-electron chi connectivity index (χ2n) is 6.34. The Morgan fingerprint density at radius 1 is 1.12 bits per heavy atom. The third kappa shape index (κ3) is 5.56. The lowest BCUT2D eigenvalue weighted by Crippen LogP contribution is -2.37. The number of piperidine rings is 1. The molecule has 2 aromatic rings. The fourth-order valence-electron chi connectivity index (χ4n) is 2.96. The highest BCUT2D eigenvalue weighted by atomic mass is 79.9. The van der Waals surface area contributed by atoms with Crippen molar-refractivity contribution in [1.29, 1.82) is 0 Å². The van der Waals surface area contributed by atoms with Crippen molar-refractivity contribution in [2.45, 2.75) is 32.4 Å². The van der Waals surface area contributed by atoms with E-state index in [2.05, 4.69) is 39.0 Å². The number of rotatable bonds is 4.